The zero-order valence-electron chi connectivity index (χ0n) is 12.3. The van der Waals surface area contributed by atoms with Gasteiger partial charge in [0.15, 0.2) is 0 Å². The van der Waals surface area contributed by atoms with Crippen molar-refractivity contribution in [3.63, 3.8) is 0 Å². The third kappa shape index (κ3) is 2.89. The molecule has 0 aliphatic heterocycles. The lowest BCUT2D eigenvalue weighted by Crippen LogP contribution is -2.34. The normalized spacial score (nSPS) is 13.2. The highest BCUT2D eigenvalue weighted by molar-refractivity contribution is 6.40. The van der Waals surface area contributed by atoms with E-state index in [0.29, 0.717) is 30.5 Å². The number of aromatic nitrogens is 2. The third-order valence-corrected chi connectivity index (χ3v) is 4.35. The van der Waals surface area contributed by atoms with Gasteiger partial charge in [0.05, 0.1) is 15.7 Å². The Morgan fingerprint density at radius 2 is 1.88 bits per heavy atom. The van der Waals surface area contributed by atoms with E-state index < -0.39 is 12.5 Å². The fourth-order valence-electron chi connectivity index (χ4n) is 2.74. The van der Waals surface area contributed by atoms with E-state index in [1.165, 1.54) is 12.1 Å². The largest absolute Gasteiger partial charge is 0.351 e. The lowest BCUT2D eigenvalue weighted by atomic mass is 10.2. The average molecular weight is 373 g/mol. The van der Waals surface area contributed by atoms with Crippen LogP contribution in [0.1, 0.15) is 29.8 Å². The van der Waals surface area contributed by atoms with Crippen LogP contribution in [0.15, 0.2) is 18.2 Å². The van der Waals surface area contributed by atoms with Crippen LogP contribution in [0.4, 0.5) is 25.2 Å². The van der Waals surface area contributed by atoms with Gasteiger partial charge >= 0.3 is 6.03 Å². The first-order chi connectivity index (χ1) is 11.4. The number of primary amides is 1. The predicted octanol–water partition coefficient (Wildman–Crippen LogP) is 4.43. The van der Waals surface area contributed by atoms with Gasteiger partial charge in [0, 0.05) is 11.3 Å². The van der Waals surface area contributed by atoms with Crippen molar-refractivity contribution in [2.24, 2.45) is 5.73 Å². The molecule has 0 fully saturated rings. The number of fused-ring (bicyclic) bond motifs is 1. The van der Waals surface area contributed by atoms with Gasteiger partial charge in [-0.3, -0.25) is 0 Å². The van der Waals surface area contributed by atoms with Crippen LogP contribution in [0.25, 0.3) is 0 Å². The minimum Gasteiger partial charge on any atom is -0.351 e. The van der Waals surface area contributed by atoms with Gasteiger partial charge < -0.3 is 5.73 Å². The van der Waals surface area contributed by atoms with Crippen molar-refractivity contribution in [1.29, 1.82) is 0 Å². The Kier molecular flexibility index (Phi) is 4.56. The van der Waals surface area contributed by atoms with E-state index in [2.05, 4.69) is 9.97 Å². The summed E-state index contributed by atoms with van der Waals surface area (Å²) in [6.45, 7) is 0. The number of urea groups is 1. The van der Waals surface area contributed by atoms with Gasteiger partial charge in [-0.2, -0.15) is 0 Å². The molecule has 1 aliphatic carbocycles. The van der Waals surface area contributed by atoms with Gasteiger partial charge in [0.1, 0.15) is 5.69 Å². The first kappa shape index (κ1) is 16.9. The summed E-state index contributed by atoms with van der Waals surface area (Å²) in [5.74, 6) is -0.256. The van der Waals surface area contributed by atoms with Crippen molar-refractivity contribution >= 4 is 40.9 Å². The summed E-state index contributed by atoms with van der Waals surface area (Å²) in [5, 5.41) is 0.257. The van der Waals surface area contributed by atoms with Crippen molar-refractivity contribution in [3.05, 3.63) is 45.2 Å². The number of hydrogen-bond acceptors (Lipinski definition) is 3. The van der Waals surface area contributed by atoms with Crippen molar-refractivity contribution in [2.45, 2.75) is 25.7 Å². The minimum absolute atomic E-state index is 0.0616. The van der Waals surface area contributed by atoms with E-state index in [1.54, 1.807) is 6.07 Å². The number of rotatable bonds is 3. The predicted molar refractivity (Wildman–Crippen MR) is 87.2 cm³/mol. The molecule has 1 heterocycles. The number of nitrogens with zero attached hydrogens (tertiary/aromatic N) is 3. The Morgan fingerprint density at radius 1 is 1.21 bits per heavy atom. The Balaban J connectivity index is 2.21. The molecule has 1 aromatic heterocycles. The number of alkyl halides is 2. The first-order valence-electron chi connectivity index (χ1n) is 7.11. The number of benzene rings is 1. The van der Waals surface area contributed by atoms with Gasteiger partial charge in [0.25, 0.3) is 6.43 Å². The Morgan fingerprint density at radius 3 is 2.46 bits per heavy atom. The number of anilines is 2. The number of carbonyl (C=O) groups is 1. The lowest BCUT2D eigenvalue weighted by molar-refractivity contribution is 0.145. The van der Waals surface area contributed by atoms with Gasteiger partial charge in [-0.25, -0.2) is 28.4 Å². The Labute approximate surface area is 146 Å². The summed E-state index contributed by atoms with van der Waals surface area (Å²) in [4.78, 5) is 20.9. The molecule has 3 rings (SSSR count). The number of hydrogen-bond donors (Lipinski definition) is 1. The maximum absolute atomic E-state index is 13.4. The lowest BCUT2D eigenvalue weighted by Gasteiger charge is -2.22. The van der Waals surface area contributed by atoms with Crippen LogP contribution in [0.5, 0.6) is 0 Å². The van der Waals surface area contributed by atoms with E-state index in [4.69, 9.17) is 28.9 Å². The van der Waals surface area contributed by atoms with Crippen molar-refractivity contribution in [2.75, 3.05) is 4.90 Å². The van der Waals surface area contributed by atoms with Gasteiger partial charge in [-0.15, -0.1) is 0 Å². The molecule has 1 aliphatic rings. The molecule has 0 spiro atoms. The molecule has 2 N–H and O–H groups in total. The van der Waals surface area contributed by atoms with Crippen LogP contribution < -0.4 is 10.6 Å². The molecule has 126 valence electrons. The smallest absolute Gasteiger partial charge is 0.326 e. The highest BCUT2D eigenvalue weighted by atomic mass is 35.5. The zero-order chi connectivity index (χ0) is 17.4. The monoisotopic (exact) mass is 372 g/mol. The minimum atomic E-state index is -2.78. The first-order valence-corrected chi connectivity index (χ1v) is 7.87. The molecule has 0 radical (unpaired) electrons. The molecule has 2 amide bonds. The summed E-state index contributed by atoms with van der Waals surface area (Å²) in [6.07, 6.45) is -1.06. The fraction of sp³-hybridized carbons (Fsp3) is 0.267. The maximum atomic E-state index is 13.4. The number of aryl methyl sites for hydroxylation is 1. The molecular formula is C15H12Cl2F2N4O. The molecule has 0 unspecified atom stereocenters. The second-order valence-corrected chi connectivity index (χ2v) is 6.05. The molecule has 0 bridgehead atoms. The quantitative estimate of drug-likeness (QED) is 0.865. The second-order valence-electron chi connectivity index (χ2n) is 5.23. The van der Waals surface area contributed by atoms with Gasteiger partial charge in [-0.1, -0.05) is 29.3 Å². The number of halogens is 4. The molecule has 2 aromatic rings. The van der Waals surface area contributed by atoms with Crippen LogP contribution >= 0.6 is 23.2 Å². The van der Waals surface area contributed by atoms with E-state index >= 15 is 0 Å². The summed E-state index contributed by atoms with van der Waals surface area (Å²) >= 11 is 12.2. The van der Waals surface area contributed by atoms with E-state index in [9.17, 15) is 13.6 Å². The average Bonchev–Trinajstić information content (AvgIpc) is 2.97. The van der Waals surface area contributed by atoms with E-state index in [0.717, 1.165) is 4.90 Å². The van der Waals surface area contributed by atoms with Crippen molar-refractivity contribution in [1.82, 2.24) is 9.97 Å². The standard InChI is InChI=1S/C15H12Cl2F2N4O/c16-8-4-2-5-9(17)12(8)23(14(20)24)15-21-10-6-1-3-7(10)11(22-15)13(18)19/h2,4-5,13H,1,3,6H2,(H2,20,24). The second kappa shape index (κ2) is 6.49. The van der Waals surface area contributed by atoms with Crippen LogP contribution in [-0.4, -0.2) is 16.0 Å². The number of amides is 2. The maximum Gasteiger partial charge on any atom is 0.326 e. The van der Waals surface area contributed by atoms with Gasteiger partial charge in [0.2, 0.25) is 5.95 Å². The number of carbonyl (C=O) groups excluding carboxylic acids is 1. The molecule has 0 atom stereocenters. The van der Waals surface area contributed by atoms with Crippen LogP contribution in [0.3, 0.4) is 0 Å². The molecule has 9 heteroatoms. The van der Waals surface area contributed by atoms with Crippen molar-refractivity contribution in [3.8, 4) is 0 Å². The van der Waals surface area contributed by atoms with Crippen molar-refractivity contribution < 1.29 is 13.6 Å². The topological polar surface area (TPSA) is 72.1 Å². The van der Waals surface area contributed by atoms with Crippen LogP contribution in [-0.2, 0) is 12.8 Å². The third-order valence-electron chi connectivity index (χ3n) is 3.74. The van der Waals surface area contributed by atoms with Crippen LogP contribution in [0.2, 0.25) is 10.0 Å². The number of nitrogens with two attached hydrogens (primary N) is 1. The highest BCUT2D eigenvalue weighted by Crippen LogP contribution is 2.38. The zero-order valence-corrected chi connectivity index (χ0v) is 13.8. The van der Waals surface area contributed by atoms with Crippen LogP contribution in [0, 0.1) is 0 Å². The summed E-state index contributed by atoms with van der Waals surface area (Å²) in [7, 11) is 0. The molecular weight excluding hydrogens is 361 g/mol. The summed E-state index contributed by atoms with van der Waals surface area (Å²) < 4.78 is 26.7. The van der Waals surface area contributed by atoms with Gasteiger partial charge in [-0.05, 0) is 31.4 Å². The summed E-state index contributed by atoms with van der Waals surface area (Å²) in [5.41, 5.74) is 6.01. The van der Waals surface area contributed by atoms with E-state index in [-0.39, 0.29) is 27.4 Å². The Hall–Kier alpha value is -1.99. The Bertz CT molecular complexity index is 796. The number of para-hydroxylation sites is 1. The summed E-state index contributed by atoms with van der Waals surface area (Å²) in [6, 6.07) is 3.62. The molecule has 24 heavy (non-hydrogen) atoms. The molecule has 0 saturated heterocycles. The van der Waals surface area contributed by atoms with E-state index in [1.807, 2.05) is 0 Å². The highest BCUT2D eigenvalue weighted by Gasteiger charge is 2.29. The fourth-order valence-corrected chi connectivity index (χ4v) is 3.31. The molecule has 5 nitrogen and oxygen atoms in total. The molecule has 1 aromatic carbocycles. The molecule has 0 saturated carbocycles. The SMILES string of the molecule is NC(=O)N(c1nc2c(c(C(F)F)n1)CCC2)c1c(Cl)cccc1Cl.